The molecule has 0 fully saturated rings. The van der Waals surface area contributed by atoms with Gasteiger partial charge in [-0.25, -0.2) is 0 Å². The number of amides is 2. The first-order valence-corrected chi connectivity index (χ1v) is 10.7. The van der Waals surface area contributed by atoms with Gasteiger partial charge < -0.3 is 15.5 Å². The van der Waals surface area contributed by atoms with E-state index in [-0.39, 0.29) is 18.4 Å². The molecule has 2 amide bonds. The quantitative estimate of drug-likeness (QED) is 0.543. The standard InChI is InChI=1S/C27H27N3O2/c1-3-30(4-2)27(32)23-15-17-24(18-16-23)29-26(31)20-28-25-12-8-11-22(19-25)14-13-21-9-6-5-7-10-21/h5-12,15-19,28H,3-4,20H2,1-2H3,(H,29,31). The molecule has 32 heavy (non-hydrogen) atoms. The van der Waals surface area contributed by atoms with Crippen LogP contribution in [0.4, 0.5) is 11.4 Å². The molecule has 3 aromatic carbocycles. The van der Waals surface area contributed by atoms with Crippen LogP contribution >= 0.6 is 0 Å². The lowest BCUT2D eigenvalue weighted by Gasteiger charge is -2.18. The molecule has 3 aromatic rings. The van der Waals surface area contributed by atoms with E-state index in [1.165, 1.54) is 0 Å². The Morgan fingerprint density at radius 2 is 1.44 bits per heavy atom. The molecule has 0 spiro atoms. The number of rotatable bonds is 7. The van der Waals surface area contributed by atoms with Crippen molar-refractivity contribution in [3.8, 4) is 11.8 Å². The third-order valence-electron chi connectivity index (χ3n) is 4.91. The minimum absolute atomic E-state index is 0.00946. The van der Waals surface area contributed by atoms with Crippen molar-refractivity contribution >= 4 is 23.2 Å². The van der Waals surface area contributed by atoms with Crippen molar-refractivity contribution in [2.24, 2.45) is 0 Å². The predicted octanol–water partition coefficient (Wildman–Crippen LogP) is 4.62. The van der Waals surface area contributed by atoms with E-state index in [0.29, 0.717) is 24.3 Å². The second-order valence-electron chi connectivity index (χ2n) is 7.15. The Bertz CT molecular complexity index is 1110. The molecule has 0 saturated heterocycles. The highest BCUT2D eigenvalue weighted by atomic mass is 16.2. The summed E-state index contributed by atoms with van der Waals surface area (Å²) in [6.07, 6.45) is 0. The zero-order chi connectivity index (χ0) is 22.8. The van der Waals surface area contributed by atoms with E-state index < -0.39 is 0 Å². The average molecular weight is 426 g/mol. The number of hydrogen-bond acceptors (Lipinski definition) is 3. The van der Waals surface area contributed by atoms with Crippen LogP contribution in [-0.2, 0) is 4.79 Å². The van der Waals surface area contributed by atoms with Crippen LogP contribution in [0.1, 0.15) is 35.3 Å². The second-order valence-corrected chi connectivity index (χ2v) is 7.15. The van der Waals surface area contributed by atoms with Crippen molar-refractivity contribution in [3.63, 3.8) is 0 Å². The first kappa shape index (κ1) is 22.6. The Morgan fingerprint density at radius 3 is 2.12 bits per heavy atom. The van der Waals surface area contributed by atoms with E-state index in [4.69, 9.17) is 0 Å². The second kappa shape index (κ2) is 11.4. The molecule has 2 N–H and O–H groups in total. The smallest absolute Gasteiger partial charge is 0.253 e. The maximum absolute atomic E-state index is 12.4. The lowest BCUT2D eigenvalue weighted by molar-refractivity contribution is -0.114. The summed E-state index contributed by atoms with van der Waals surface area (Å²) in [5.74, 6) is 6.08. The van der Waals surface area contributed by atoms with Crippen LogP contribution in [-0.4, -0.2) is 36.3 Å². The maximum atomic E-state index is 12.4. The number of carbonyl (C=O) groups is 2. The number of hydrogen-bond donors (Lipinski definition) is 2. The zero-order valence-corrected chi connectivity index (χ0v) is 18.4. The molecule has 0 atom stereocenters. The van der Waals surface area contributed by atoms with Crippen molar-refractivity contribution in [1.82, 2.24) is 4.90 Å². The molecule has 0 aromatic heterocycles. The summed E-state index contributed by atoms with van der Waals surface area (Å²) < 4.78 is 0. The molecule has 3 rings (SSSR count). The third kappa shape index (κ3) is 6.48. The summed E-state index contributed by atoms with van der Waals surface area (Å²) in [6, 6.07) is 24.4. The van der Waals surface area contributed by atoms with Gasteiger partial charge in [0.1, 0.15) is 0 Å². The van der Waals surface area contributed by atoms with Crippen molar-refractivity contribution in [1.29, 1.82) is 0 Å². The Labute approximate surface area is 189 Å². The SMILES string of the molecule is CCN(CC)C(=O)c1ccc(NC(=O)CNc2cccc(C#Cc3ccccc3)c2)cc1. The fourth-order valence-electron chi connectivity index (χ4n) is 3.15. The van der Waals surface area contributed by atoms with Crippen molar-refractivity contribution in [2.45, 2.75) is 13.8 Å². The van der Waals surface area contributed by atoms with Gasteiger partial charge in [-0.15, -0.1) is 0 Å². The van der Waals surface area contributed by atoms with Gasteiger partial charge in [-0.1, -0.05) is 36.1 Å². The Balaban J connectivity index is 1.54. The number of carbonyl (C=O) groups excluding carboxylic acids is 2. The van der Waals surface area contributed by atoms with Crippen LogP contribution in [0.25, 0.3) is 0 Å². The molecule has 0 aliphatic heterocycles. The molecule has 0 bridgehead atoms. The minimum Gasteiger partial charge on any atom is -0.376 e. The highest BCUT2D eigenvalue weighted by molar-refractivity contribution is 5.96. The summed E-state index contributed by atoms with van der Waals surface area (Å²) in [6.45, 7) is 5.36. The van der Waals surface area contributed by atoms with E-state index in [9.17, 15) is 9.59 Å². The lowest BCUT2D eigenvalue weighted by Crippen LogP contribution is -2.30. The number of anilines is 2. The number of benzene rings is 3. The van der Waals surface area contributed by atoms with Crippen molar-refractivity contribution in [3.05, 3.63) is 95.6 Å². The van der Waals surface area contributed by atoms with Crippen LogP contribution < -0.4 is 10.6 Å². The average Bonchev–Trinajstić information content (AvgIpc) is 2.83. The summed E-state index contributed by atoms with van der Waals surface area (Å²) >= 11 is 0. The van der Waals surface area contributed by atoms with Gasteiger partial charge in [-0.05, 0) is 68.4 Å². The summed E-state index contributed by atoms with van der Waals surface area (Å²) in [4.78, 5) is 26.5. The zero-order valence-electron chi connectivity index (χ0n) is 18.4. The van der Waals surface area contributed by atoms with Crippen molar-refractivity contribution < 1.29 is 9.59 Å². The van der Waals surface area contributed by atoms with E-state index in [0.717, 1.165) is 16.8 Å². The largest absolute Gasteiger partial charge is 0.376 e. The van der Waals surface area contributed by atoms with Gasteiger partial charge in [0.2, 0.25) is 5.91 Å². The Morgan fingerprint density at radius 1 is 0.781 bits per heavy atom. The Hall–Kier alpha value is -4.04. The number of nitrogens with zero attached hydrogens (tertiary/aromatic N) is 1. The normalized spacial score (nSPS) is 9.94. The molecule has 0 heterocycles. The molecule has 0 unspecified atom stereocenters. The minimum atomic E-state index is -0.173. The summed E-state index contributed by atoms with van der Waals surface area (Å²) in [5.41, 5.74) is 3.90. The Kier molecular flexibility index (Phi) is 8.05. The molecule has 5 heteroatoms. The van der Waals surface area contributed by atoms with E-state index in [1.807, 2.05) is 68.4 Å². The first-order valence-electron chi connectivity index (χ1n) is 10.7. The van der Waals surface area contributed by atoms with Gasteiger partial charge in [-0.3, -0.25) is 9.59 Å². The highest BCUT2D eigenvalue weighted by Crippen LogP contribution is 2.13. The van der Waals surface area contributed by atoms with Gasteiger partial charge in [0.05, 0.1) is 6.54 Å². The highest BCUT2D eigenvalue weighted by Gasteiger charge is 2.12. The maximum Gasteiger partial charge on any atom is 0.253 e. The van der Waals surface area contributed by atoms with Crippen LogP contribution in [0.2, 0.25) is 0 Å². The molecular formula is C27H27N3O2. The molecule has 0 radical (unpaired) electrons. The molecule has 0 aliphatic carbocycles. The molecular weight excluding hydrogens is 398 g/mol. The van der Waals surface area contributed by atoms with Crippen LogP contribution in [0, 0.1) is 11.8 Å². The fourth-order valence-corrected chi connectivity index (χ4v) is 3.15. The molecule has 5 nitrogen and oxygen atoms in total. The molecule has 0 aliphatic rings. The van der Waals surface area contributed by atoms with Gasteiger partial charge in [-0.2, -0.15) is 0 Å². The first-order chi connectivity index (χ1) is 15.6. The van der Waals surface area contributed by atoms with E-state index >= 15 is 0 Å². The van der Waals surface area contributed by atoms with Gasteiger partial charge >= 0.3 is 0 Å². The van der Waals surface area contributed by atoms with Crippen LogP contribution in [0.5, 0.6) is 0 Å². The predicted molar refractivity (Wildman–Crippen MR) is 130 cm³/mol. The number of nitrogens with one attached hydrogen (secondary N) is 2. The van der Waals surface area contributed by atoms with E-state index in [2.05, 4.69) is 22.5 Å². The van der Waals surface area contributed by atoms with Gasteiger partial charge in [0.15, 0.2) is 0 Å². The summed E-state index contributed by atoms with van der Waals surface area (Å²) in [7, 11) is 0. The third-order valence-corrected chi connectivity index (χ3v) is 4.91. The molecule has 162 valence electrons. The molecule has 0 saturated carbocycles. The topological polar surface area (TPSA) is 61.4 Å². The van der Waals surface area contributed by atoms with Gasteiger partial charge in [0.25, 0.3) is 5.91 Å². The van der Waals surface area contributed by atoms with E-state index in [1.54, 1.807) is 29.2 Å². The monoisotopic (exact) mass is 425 g/mol. The van der Waals surface area contributed by atoms with Crippen molar-refractivity contribution in [2.75, 3.05) is 30.3 Å². The van der Waals surface area contributed by atoms with Crippen LogP contribution in [0.15, 0.2) is 78.9 Å². The summed E-state index contributed by atoms with van der Waals surface area (Å²) in [5, 5.41) is 5.96. The lowest BCUT2D eigenvalue weighted by atomic mass is 10.1. The fraction of sp³-hybridized carbons (Fsp3) is 0.185. The van der Waals surface area contributed by atoms with Crippen LogP contribution in [0.3, 0.4) is 0 Å². The van der Waals surface area contributed by atoms with Gasteiger partial charge in [0, 0.05) is 41.2 Å².